The fourth-order valence-electron chi connectivity index (χ4n) is 7.51. The van der Waals surface area contributed by atoms with Gasteiger partial charge < -0.3 is 30.7 Å². The molecule has 4 heterocycles. The molecule has 4 aromatic rings. The van der Waals surface area contributed by atoms with Gasteiger partial charge in [0.2, 0.25) is 0 Å². The number of anilines is 2. The topological polar surface area (TPSA) is 118 Å². The lowest BCUT2D eigenvalue weighted by atomic mass is 10.0. The van der Waals surface area contributed by atoms with E-state index < -0.39 is 17.8 Å². The number of nitrogens with one attached hydrogen (secondary N) is 2. The fraction of sp³-hybridized carbons (Fsp3) is 0.447. The number of aromatic nitrogens is 2. The molecule has 51 heavy (non-hydrogen) atoms. The highest BCUT2D eigenvalue weighted by Crippen LogP contribution is 2.38. The smallest absolute Gasteiger partial charge is 0.416 e. The fourth-order valence-corrected chi connectivity index (χ4v) is 7.51. The molecule has 270 valence electrons. The molecule has 4 N–H and O–H groups in total. The molecule has 10 nitrogen and oxygen atoms in total. The van der Waals surface area contributed by atoms with Gasteiger partial charge >= 0.3 is 6.18 Å². The van der Waals surface area contributed by atoms with Gasteiger partial charge in [-0.2, -0.15) is 13.2 Å². The van der Waals surface area contributed by atoms with Crippen LogP contribution in [-0.2, 0) is 19.3 Å². The molecule has 2 fully saturated rings. The number of alkyl halides is 3. The maximum atomic E-state index is 13.5. The van der Waals surface area contributed by atoms with Crippen LogP contribution in [-0.4, -0.2) is 71.1 Å². The molecule has 1 aromatic heterocycles. The predicted molar refractivity (Wildman–Crippen MR) is 190 cm³/mol. The van der Waals surface area contributed by atoms with Crippen molar-refractivity contribution in [3.8, 4) is 11.5 Å². The van der Waals surface area contributed by atoms with Gasteiger partial charge in [0.1, 0.15) is 17.7 Å². The van der Waals surface area contributed by atoms with Crippen LogP contribution in [0.2, 0.25) is 0 Å². The van der Waals surface area contributed by atoms with Gasteiger partial charge in [0.15, 0.2) is 11.5 Å². The molecule has 3 aliphatic heterocycles. The monoisotopic (exact) mass is 703 g/mol. The van der Waals surface area contributed by atoms with Crippen LogP contribution in [0.5, 0.6) is 11.5 Å². The van der Waals surface area contributed by atoms with E-state index in [-0.39, 0.29) is 23.7 Å². The lowest BCUT2D eigenvalue weighted by Crippen LogP contribution is -2.46. The molecule has 0 aliphatic carbocycles. The molecule has 2 atom stereocenters. The number of nitrogen functional groups attached to an aromatic ring is 1. The molecule has 7 rings (SSSR count). The van der Waals surface area contributed by atoms with Crippen molar-refractivity contribution in [2.45, 2.75) is 77.0 Å². The second kappa shape index (κ2) is 14.2. The van der Waals surface area contributed by atoms with Crippen molar-refractivity contribution in [2.75, 3.05) is 44.3 Å². The first-order chi connectivity index (χ1) is 24.4. The van der Waals surface area contributed by atoms with E-state index in [1.54, 1.807) is 27.0 Å². The second-order valence-corrected chi connectivity index (χ2v) is 13.9. The van der Waals surface area contributed by atoms with Gasteiger partial charge in [-0.25, -0.2) is 9.97 Å². The number of rotatable bonds is 9. The number of ether oxygens (including phenoxy) is 2. The van der Waals surface area contributed by atoms with Crippen LogP contribution in [0.3, 0.4) is 0 Å². The number of hydrogen-bond donors (Lipinski definition) is 3. The summed E-state index contributed by atoms with van der Waals surface area (Å²) in [5, 5.41) is 7.36. The highest BCUT2D eigenvalue weighted by atomic mass is 19.4. The zero-order valence-corrected chi connectivity index (χ0v) is 29.1. The Morgan fingerprint density at radius 2 is 1.86 bits per heavy atom. The first-order valence-corrected chi connectivity index (χ1v) is 17.6. The first-order valence-electron chi connectivity index (χ1n) is 17.6. The summed E-state index contributed by atoms with van der Waals surface area (Å²) in [7, 11) is 1.58. The number of halogens is 3. The average molecular weight is 704 g/mol. The first kappa shape index (κ1) is 34.8. The standard InChI is InChI=1S/C38H44F3N7O3/c1-22(25-14-27(38(39,40)41)16-28(42)15-25)44-36-32-17-35(34(50-3)18-33(32)45-23(2)46-36)51-30-8-11-47(12-9-30)20-24-6-7-31-26(13-24)21-48(37(31)49)29-5-4-10-43-19-29/h6-7,13-18,22,29-30,43H,4-5,8-12,19-21,42H2,1-3H3,(H,44,45,46)/t22-,29?/m1/s1. The van der Waals surface area contributed by atoms with E-state index in [1.807, 2.05) is 17.0 Å². The van der Waals surface area contributed by atoms with Gasteiger partial charge in [-0.15, -0.1) is 0 Å². The molecule has 1 unspecified atom stereocenters. The number of hydrogen-bond acceptors (Lipinski definition) is 9. The second-order valence-electron chi connectivity index (χ2n) is 13.9. The van der Waals surface area contributed by atoms with Crippen molar-refractivity contribution in [1.82, 2.24) is 25.1 Å². The third-order valence-corrected chi connectivity index (χ3v) is 10.2. The number of amides is 1. The molecule has 3 aliphatic rings. The number of piperidine rings is 2. The largest absolute Gasteiger partial charge is 0.493 e. The van der Waals surface area contributed by atoms with Gasteiger partial charge in [0.25, 0.3) is 5.91 Å². The maximum Gasteiger partial charge on any atom is 0.416 e. The molecule has 13 heteroatoms. The summed E-state index contributed by atoms with van der Waals surface area (Å²) in [4.78, 5) is 26.8. The van der Waals surface area contributed by atoms with Crippen LogP contribution in [0.1, 0.15) is 77.1 Å². The Bertz CT molecular complexity index is 1920. The number of carbonyl (C=O) groups is 1. The zero-order valence-electron chi connectivity index (χ0n) is 29.1. The SMILES string of the molecule is COc1cc2nc(C)nc(N[C@H](C)c3cc(N)cc(C(F)(F)F)c3)c2cc1OC1CCN(Cc2ccc3c(c2)CN(C2CCCNC2)C3=O)CC1. The van der Waals surface area contributed by atoms with Crippen molar-refractivity contribution in [3.63, 3.8) is 0 Å². The van der Waals surface area contributed by atoms with Crippen LogP contribution in [0.15, 0.2) is 48.5 Å². The minimum absolute atomic E-state index is 0.0339. The Morgan fingerprint density at radius 3 is 2.59 bits per heavy atom. The molecular weight excluding hydrogens is 659 g/mol. The summed E-state index contributed by atoms with van der Waals surface area (Å²) in [5.74, 6) is 2.21. The summed E-state index contributed by atoms with van der Waals surface area (Å²) >= 11 is 0. The number of methoxy groups -OCH3 is 1. The maximum absolute atomic E-state index is 13.5. The van der Waals surface area contributed by atoms with E-state index >= 15 is 0 Å². The molecule has 0 saturated carbocycles. The number of carbonyl (C=O) groups excluding carboxylic acids is 1. The lowest BCUT2D eigenvalue weighted by Gasteiger charge is -2.32. The number of benzene rings is 3. The summed E-state index contributed by atoms with van der Waals surface area (Å²) < 4.78 is 52.8. The number of fused-ring (bicyclic) bond motifs is 2. The van der Waals surface area contributed by atoms with Gasteiger partial charge in [-0.3, -0.25) is 9.69 Å². The van der Waals surface area contributed by atoms with Crippen molar-refractivity contribution in [3.05, 3.63) is 82.2 Å². The van der Waals surface area contributed by atoms with E-state index in [4.69, 9.17) is 15.2 Å². The Hall–Kier alpha value is -4.62. The lowest BCUT2D eigenvalue weighted by molar-refractivity contribution is -0.137. The molecule has 0 bridgehead atoms. The van der Waals surface area contributed by atoms with E-state index in [0.29, 0.717) is 46.2 Å². The summed E-state index contributed by atoms with van der Waals surface area (Å²) in [6.45, 7) is 8.59. The van der Waals surface area contributed by atoms with Crippen molar-refractivity contribution < 1.29 is 27.4 Å². The summed E-state index contributed by atoms with van der Waals surface area (Å²) in [6, 6.07) is 13.2. The van der Waals surface area contributed by atoms with E-state index in [9.17, 15) is 18.0 Å². The van der Waals surface area contributed by atoms with Crippen LogP contribution in [0.25, 0.3) is 10.9 Å². The number of nitrogens with zero attached hydrogens (tertiary/aromatic N) is 4. The van der Waals surface area contributed by atoms with Crippen molar-refractivity contribution in [1.29, 1.82) is 0 Å². The summed E-state index contributed by atoms with van der Waals surface area (Å²) in [5.41, 5.74) is 9.23. The number of likely N-dealkylation sites (tertiary alicyclic amines) is 1. The Labute approximate surface area is 295 Å². The van der Waals surface area contributed by atoms with Gasteiger partial charge in [-0.05, 0) is 93.1 Å². The van der Waals surface area contributed by atoms with Gasteiger partial charge in [0, 0.05) is 61.5 Å². The predicted octanol–water partition coefficient (Wildman–Crippen LogP) is 6.47. The minimum atomic E-state index is -4.51. The average Bonchev–Trinajstić information content (AvgIpc) is 3.44. The Kier molecular flexibility index (Phi) is 9.68. The van der Waals surface area contributed by atoms with Crippen LogP contribution < -0.4 is 25.8 Å². The number of aryl methyl sites for hydroxylation is 1. The van der Waals surface area contributed by atoms with Crippen molar-refractivity contribution in [2.24, 2.45) is 0 Å². The molecule has 0 radical (unpaired) electrons. The molecule has 0 spiro atoms. The van der Waals surface area contributed by atoms with Gasteiger partial charge in [-0.1, -0.05) is 12.1 Å². The van der Waals surface area contributed by atoms with E-state index in [2.05, 4.69) is 37.6 Å². The minimum Gasteiger partial charge on any atom is -0.493 e. The van der Waals surface area contributed by atoms with Crippen LogP contribution in [0, 0.1) is 6.92 Å². The normalized spacial score (nSPS) is 19.3. The third kappa shape index (κ3) is 7.55. The third-order valence-electron chi connectivity index (χ3n) is 10.2. The quantitative estimate of drug-likeness (QED) is 0.169. The zero-order chi connectivity index (χ0) is 35.9. The molecule has 1 amide bonds. The number of nitrogens with two attached hydrogens (primary N) is 1. The van der Waals surface area contributed by atoms with Crippen molar-refractivity contribution >= 4 is 28.3 Å². The van der Waals surface area contributed by atoms with Gasteiger partial charge in [0.05, 0.1) is 24.2 Å². The Balaban J connectivity index is 1.02. The van der Waals surface area contributed by atoms with Crippen LogP contribution >= 0.6 is 0 Å². The van der Waals surface area contributed by atoms with Crippen LogP contribution in [0.4, 0.5) is 24.7 Å². The summed E-state index contributed by atoms with van der Waals surface area (Å²) in [6.07, 6.45) is -0.785. The highest BCUT2D eigenvalue weighted by molar-refractivity contribution is 5.98. The van der Waals surface area contributed by atoms with E-state index in [0.717, 1.165) is 81.7 Å². The Morgan fingerprint density at radius 1 is 1.06 bits per heavy atom. The highest BCUT2D eigenvalue weighted by Gasteiger charge is 2.34. The molecule has 2 saturated heterocycles. The van der Waals surface area contributed by atoms with E-state index in [1.165, 1.54) is 11.6 Å². The molecular formula is C38H44F3N7O3. The molecule has 3 aromatic carbocycles.